The Labute approximate surface area is 101 Å². The number of hydrogen-bond acceptors (Lipinski definition) is 7. The number of amides is 2. The van der Waals surface area contributed by atoms with Crippen LogP contribution >= 0.6 is 0 Å². The lowest BCUT2D eigenvalue weighted by Gasteiger charge is -2.25. The number of aromatic nitrogens is 1. The molecule has 0 radical (unpaired) electrons. The van der Waals surface area contributed by atoms with E-state index >= 15 is 0 Å². The topological polar surface area (TPSA) is 131 Å². The molecule has 1 aromatic heterocycles. The summed E-state index contributed by atoms with van der Waals surface area (Å²) in [6, 6.07) is 2.47. The van der Waals surface area contributed by atoms with E-state index in [1.54, 1.807) is 0 Å². The molecule has 1 saturated heterocycles. The van der Waals surface area contributed by atoms with Crippen molar-refractivity contribution in [1.82, 2.24) is 10.3 Å². The quantitative estimate of drug-likeness (QED) is 0.392. The summed E-state index contributed by atoms with van der Waals surface area (Å²) in [5.74, 6) is -1.08. The Morgan fingerprint density at radius 2 is 1.94 bits per heavy atom. The molecule has 9 nitrogen and oxygen atoms in total. The van der Waals surface area contributed by atoms with E-state index in [1.807, 2.05) is 0 Å². The number of nitro groups is 1. The highest BCUT2D eigenvalue weighted by molar-refractivity contribution is 6.02. The fourth-order valence-corrected chi connectivity index (χ4v) is 1.62. The van der Waals surface area contributed by atoms with Gasteiger partial charge in [0.15, 0.2) is 0 Å². The number of nitrogens with zero attached hydrogens (tertiary/aromatic N) is 3. The van der Waals surface area contributed by atoms with Gasteiger partial charge in [0.05, 0.1) is 18.0 Å². The number of imide groups is 1. The summed E-state index contributed by atoms with van der Waals surface area (Å²) in [7, 11) is 0. The van der Waals surface area contributed by atoms with E-state index in [1.165, 1.54) is 17.0 Å². The third-order valence-corrected chi connectivity index (χ3v) is 2.32. The standard InChI is InChI=1S/C9H9N5O4/c10-6-2-1-5(14(17)18)9(11-6)13-3-7(15)12-8(16)4-13/h1-2H,3-4H2,(H2,10,11)(H,12,15,16). The van der Waals surface area contributed by atoms with Crippen molar-refractivity contribution in [3.05, 3.63) is 22.2 Å². The zero-order valence-electron chi connectivity index (χ0n) is 9.12. The maximum absolute atomic E-state index is 11.2. The molecule has 0 unspecified atom stereocenters. The second-order valence-corrected chi connectivity index (χ2v) is 3.66. The highest BCUT2D eigenvalue weighted by Crippen LogP contribution is 2.27. The average molecular weight is 251 g/mol. The van der Waals surface area contributed by atoms with Crippen LogP contribution in [0.15, 0.2) is 12.1 Å². The lowest BCUT2D eigenvalue weighted by Crippen LogP contribution is -2.51. The van der Waals surface area contributed by atoms with Crippen LogP contribution in [0.25, 0.3) is 0 Å². The van der Waals surface area contributed by atoms with Crippen molar-refractivity contribution in [2.24, 2.45) is 0 Å². The molecule has 0 bridgehead atoms. The van der Waals surface area contributed by atoms with E-state index in [9.17, 15) is 19.7 Å². The lowest BCUT2D eigenvalue weighted by molar-refractivity contribution is -0.384. The molecule has 1 aromatic rings. The van der Waals surface area contributed by atoms with Crippen LogP contribution in [0.4, 0.5) is 17.3 Å². The number of pyridine rings is 1. The van der Waals surface area contributed by atoms with Crippen molar-refractivity contribution < 1.29 is 14.5 Å². The molecule has 9 heteroatoms. The summed E-state index contributed by atoms with van der Waals surface area (Å²) in [4.78, 5) is 37.7. The van der Waals surface area contributed by atoms with E-state index in [0.717, 1.165) is 0 Å². The third-order valence-electron chi connectivity index (χ3n) is 2.32. The van der Waals surface area contributed by atoms with E-state index < -0.39 is 16.7 Å². The maximum Gasteiger partial charge on any atom is 0.311 e. The number of anilines is 2. The second kappa shape index (κ2) is 4.28. The monoisotopic (exact) mass is 251 g/mol. The Hall–Kier alpha value is -2.71. The van der Waals surface area contributed by atoms with E-state index in [4.69, 9.17) is 5.73 Å². The number of rotatable bonds is 2. The summed E-state index contributed by atoms with van der Waals surface area (Å²) >= 11 is 0. The molecule has 2 heterocycles. The van der Waals surface area contributed by atoms with Crippen molar-refractivity contribution in [2.75, 3.05) is 23.7 Å². The first-order chi connectivity index (χ1) is 8.47. The number of carbonyl (C=O) groups is 2. The van der Waals surface area contributed by atoms with Crippen LogP contribution in [0.1, 0.15) is 0 Å². The summed E-state index contributed by atoms with van der Waals surface area (Å²) in [6.07, 6.45) is 0. The Kier molecular flexibility index (Phi) is 2.80. The molecule has 0 aliphatic carbocycles. The van der Waals surface area contributed by atoms with Crippen molar-refractivity contribution in [1.29, 1.82) is 0 Å². The number of nitrogens with one attached hydrogen (secondary N) is 1. The fourth-order valence-electron chi connectivity index (χ4n) is 1.62. The van der Waals surface area contributed by atoms with E-state index in [-0.39, 0.29) is 30.4 Å². The first kappa shape index (κ1) is 11.8. The van der Waals surface area contributed by atoms with Gasteiger partial charge in [-0.15, -0.1) is 0 Å². The first-order valence-corrected chi connectivity index (χ1v) is 4.96. The van der Waals surface area contributed by atoms with Gasteiger partial charge in [0.2, 0.25) is 17.6 Å². The summed E-state index contributed by atoms with van der Waals surface area (Å²) in [5.41, 5.74) is 5.16. The molecule has 94 valence electrons. The first-order valence-electron chi connectivity index (χ1n) is 4.96. The Morgan fingerprint density at radius 3 is 2.50 bits per heavy atom. The zero-order chi connectivity index (χ0) is 13.3. The highest BCUT2D eigenvalue weighted by atomic mass is 16.6. The molecule has 18 heavy (non-hydrogen) atoms. The normalized spacial score (nSPS) is 15.4. The van der Waals surface area contributed by atoms with Gasteiger partial charge in [-0.1, -0.05) is 0 Å². The predicted octanol–water partition coefficient (Wildman–Crippen LogP) is -0.965. The van der Waals surface area contributed by atoms with Crippen LogP contribution in [0, 0.1) is 10.1 Å². The van der Waals surface area contributed by atoms with E-state index in [0.29, 0.717) is 0 Å². The van der Waals surface area contributed by atoms with Crippen molar-refractivity contribution >= 4 is 29.1 Å². The van der Waals surface area contributed by atoms with Gasteiger partial charge < -0.3 is 10.6 Å². The number of nitrogens with two attached hydrogens (primary N) is 1. The minimum atomic E-state index is -0.640. The SMILES string of the molecule is Nc1ccc([N+](=O)[O-])c(N2CC(=O)NC(=O)C2)n1. The molecule has 1 aliphatic heterocycles. The number of carbonyl (C=O) groups excluding carboxylic acids is 2. The van der Waals surface area contributed by atoms with Gasteiger partial charge in [-0.2, -0.15) is 0 Å². The molecule has 0 saturated carbocycles. The van der Waals surface area contributed by atoms with Gasteiger partial charge in [0, 0.05) is 6.07 Å². The molecule has 2 amide bonds. The molecule has 1 aliphatic rings. The number of hydrogen-bond donors (Lipinski definition) is 2. The van der Waals surface area contributed by atoms with Gasteiger partial charge in [0.1, 0.15) is 5.82 Å². The highest BCUT2D eigenvalue weighted by Gasteiger charge is 2.29. The van der Waals surface area contributed by atoms with Crippen molar-refractivity contribution in [2.45, 2.75) is 0 Å². The van der Waals surface area contributed by atoms with E-state index in [2.05, 4.69) is 10.3 Å². The summed E-state index contributed by atoms with van der Waals surface area (Å²) in [6.45, 7) is -0.355. The second-order valence-electron chi connectivity index (χ2n) is 3.66. The lowest BCUT2D eigenvalue weighted by atomic mass is 10.3. The van der Waals surface area contributed by atoms with Crippen LogP contribution in [-0.4, -0.2) is 34.8 Å². The Morgan fingerprint density at radius 1 is 1.33 bits per heavy atom. The predicted molar refractivity (Wildman–Crippen MR) is 60.7 cm³/mol. The van der Waals surface area contributed by atoms with Gasteiger partial charge in [-0.25, -0.2) is 4.98 Å². The maximum atomic E-state index is 11.2. The largest absolute Gasteiger partial charge is 0.384 e. The van der Waals surface area contributed by atoms with Gasteiger partial charge in [-0.3, -0.25) is 25.0 Å². The third kappa shape index (κ3) is 2.19. The molecule has 2 rings (SSSR count). The molecule has 0 spiro atoms. The number of nitrogen functional groups attached to an aromatic ring is 1. The van der Waals surface area contributed by atoms with Crippen LogP contribution in [0.5, 0.6) is 0 Å². The van der Waals surface area contributed by atoms with Crippen LogP contribution < -0.4 is 16.0 Å². The zero-order valence-corrected chi connectivity index (χ0v) is 9.12. The van der Waals surface area contributed by atoms with Gasteiger partial charge in [0.25, 0.3) is 0 Å². The van der Waals surface area contributed by atoms with Crippen LogP contribution in [0.3, 0.4) is 0 Å². The molecular formula is C9H9N5O4. The Balaban J connectivity index is 2.42. The average Bonchev–Trinajstić information content (AvgIpc) is 2.27. The van der Waals surface area contributed by atoms with Crippen molar-refractivity contribution in [3.63, 3.8) is 0 Å². The summed E-state index contributed by atoms with van der Waals surface area (Å²) in [5, 5.41) is 12.9. The van der Waals surface area contributed by atoms with Gasteiger partial charge >= 0.3 is 5.69 Å². The molecule has 1 fully saturated rings. The molecule has 0 aromatic carbocycles. The summed E-state index contributed by atoms with van der Waals surface area (Å²) < 4.78 is 0. The molecular weight excluding hydrogens is 242 g/mol. The van der Waals surface area contributed by atoms with Gasteiger partial charge in [-0.05, 0) is 6.07 Å². The van der Waals surface area contributed by atoms with Crippen molar-refractivity contribution in [3.8, 4) is 0 Å². The molecule has 3 N–H and O–H groups in total. The fraction of sp³-hybridized carbons (Fsp3) is 0.222. The molecule has 0 atom stereocenters. The smallest absolute Gasteiger partial charge is 0.311 e. The van der Waals surface area contributed by atoms with Crippen LogP contribution in [0.2, 0.25) is 0 Å². The van der Waals surface area contributed by atoms with Crippen LogP contribution in [-0.2, 0) is 9.59 Å². The Bertz CT molecular complexity index is 528. The number of piperazine rings is 1. The minimum Gasteiger partial charge on any atom is -0.384 e. The minimum absolute atomic E-state index is 0.0778.